The summed E-state index contributed by atoms with van der Waals surface area (Å²) in [6, 6.07) is 14.8. The van der Waals surface area contributed by atoms with Gasteiger partial charge in [0.05, 0.1) is 11.2 Å². The molecule has 2 amide bonds. The summed E-state index contributed by atoms with van der Waals surface area (Å²) in [7, 11) is 0. The van der Waals surface area contributed by atoms with Crippen LogP contribution >= 0.6 is 0 Å². The Morgan fingerprint density at radius 1 is 0.939 bits per heavy atom. The van der Waals surface area contributed by atoms with Gasteiger partial charge >= 0.3 is 0 Å². The number of para-hydroxylation sites is 1. The highest BCUT2D eigenvalue weighted by molar-refractivity contribution is 6.00. The van der Waals surface area contributed by atoms with E-state index in [-0.39, 0.29) is 28.3 Å². The first-order valence-electron chi connectivity index (χ1n) is 11.9. The molecule has 0 aliphatic carbocycles. The second kappa shape index (κ2) is 7.58. The molecule has 0 N–H and O–H groups in total. The fourth-order valence-corrected chi connectivity index (χ4v) is 6.34. The van der Waals surface area contributed by atoms with Crippen molar-refractivity contribution in [3.63, 3.8) is 0 Å². The van der Waals surface area contributed by atoms with Crippen molar-refractivity contribution in [1.82, 2.24) is 0 Å². The minimum Gasteiger partial charge on any atom is -0.307 e. The second-order valence-electron chi connectivity index (χ2n) is 11.0. The monoisotopic (exact) mass is 444 g/mol. The van der Waals surface area contributed by atoms with Gasteiger partial charge in [0.15, 0.2) is 0 Å². The number of hydrogen-bond donors (Lipinski definition) is 0. The Kier molecular flexibility index (Phi) is 5.35. The Morgan fingerprint density at radius 2 is 1.61 bits per heavy atom. The molecule has 1 atom stereocenters. The van der Waals surface area contributed by atoms with Gasteiger partial charge < -0.3 is 9.80 Å². The maximum absolute atomic E-state index is 12.9. The first-order valence-corrected chi connectivity index (χ1v) is 11.9. The van der Waals surface area contributed by atoms with Crippen LogP contribution in [0.25, 0.3) is 5.57 Å². The van der Waals surface area contributed by atoms with Gasteiger partial charge in [-0.1, -0.05) is 44.2 Å². The van der Waals surface area contributed by atoms with Crippen molar-refractivity contribution in [1.29, 1.82) is 0 Å². The Bertz CT molecular complexity index is 1170. The lowest BCUT2D eigenvalue weighted by Crippen LogP contribution is -2.55. The van der Waals surface area contributed by atoms with Crippen LogP contribution in [0, 0.1) is 0 Å². The van der Waals surface area contributed by atoms with E-state index in [9.17, 15) is 9.59 Å². The fraction of sp³-hybridized carbons (Fsp3) is 0.448. The van der Waals surface area contributed by atoms with E-state index in [1.54, 1.807) is 6.92 Å². The van der Waals surface area contributed by atoms with Gasteiger partial charge in [-0.3, -0.25) is 9.59 Å². The third kappa shape index (κ3) is 3.51. The number of carbonyl (C=O) groups excluding carboxylic acids is 2. The number of hydrogen-bond acceptors (Lipinski definition) is 2. The molecule has 2 aromatic carbocycles. The fourth-order valence-electron chi connectivity index (χ4n) is 6.34. The van der Waals surface area contributed by atoms with Crippen molar-refractivity contribution in [3.05, 3.63) is 65.2 Å². The standard InChI is InChI=1S/C29H36N2O2/c1-9-26(33)31-24-15-14-21(16-22(24)19(2)17-27(31,4)5)29(8)18-28(6,7)30(20(3)32)25-13-11-10-12-23(25)29/h10-17H,9,18H2,1-8H3. The third-order valence-electron chi connectivity index (χ3n) is 7.44. The number of fused-ring (bicyclic) bond motifs is 2. The number of carbonyl (C=O) groups is 2. The van der Waals surface area contributed by atoms with E-state index in [4.69, 9.17) is 0 Å². The van der Waals surface area contributed by atoms with E-state index < -0.39 is 0 Å². The molecule has 4 rings (SSSR count). The SMILES string of the molecule is CCC(=O)N1c2ccc(C3(C)CC(C)(C)N(C(C)=O)c4ccccc43)cc2C(C)=CC1(C)C. The predicted molar refractivity (Wildman–Crippen MR) is 137 cm³/mol. The van der Waals surface area contributed by atoms with Crippen LogP contribution in [0.5, 0.6) is 0 Å². The summed E-state index contributed by atoms with van der Waals surface area (Å²) >= 11 is 0. The Labute approximate surface area is 198 Å². The normalized spacial score (nSPS) is 22.8. The molecule has 2 aromatic rings. The van der Waals surface area contributed by atoms with Crippen molar-refractivity contribution in [3.8, 4) is 0 Å². The molecule has 0 fully saturated rings. The molecule has 174 valence electrons. The van der Waals surface area contributed by atoms with E-state index >= 15 is 0 Å². The van der Waals surface area contributed by atoms with Crippen LogP contribution in [0.1, 0.15) is 84.9 Å². The van der Waals surface area contributed by atoms with Gasteiger partial charge in [-0.2, -0.15) is 0 Å². The summed E-state index contributed by atoms with van der Waals surface area (Å²) in [6.45, 7) is 16.5. The summed E-state index contributed by atoms with van der Waals surface area (Å²) in [5.74, 6) is 0.194. The molecule has 1 unspecified atom stereocenters. The summed E-state index contributed by atoms with van der Waals surface area (Å²) in [5.41, 5.74) is 5.67. The molecule has 2 aliphatic heterocycles. The molecule has 0 spiro atoms. The third-order valence-corrected chi connectivity index (χ3v) is 7.44. The highest BCUT2D eigenvalue weighted by Crippen LogP contribution is 2.51. The van der Waals surface area contributed by atoms with E-state index in [1.807, 2.05) is 22.8 Å². The summed E-state index contributed by atoms with van der Waals surface area (Å²) in [5, 5.41) is 0. The van der Waals surface area contributed by atoms with E-state index in [0.29, 0.717) is 6.42 Å². The van der Waals surface area contributed by atoms with Gasteiger partial charge in [-0.25, -0.2) is 0 Å². The summed E-state index contributed by atoms with van der Waals surface area (Å²) in [6.07, 6.45) is 3.48. The highest BCUT2D eigenvalue weighted by Gasteiger charge is 2.47. The van der Waals surface area contributed by atoms with Crippen molar-refractivity contribution < 1.29 is 9.59 Å². The van der Waals surface area contributed by atoms with E-state index in [0.717, 1.165) is 23.4 Å². The smallest absolute Gasteiger partial charge is 0.227 e. The Balaban J connectivity index is 1.92. The lowest BCUT2D eigenvalue weighted by atomic mass is 9.64. The number of amides is 2. The first kappa shape index (κ1) is 23.3. The van der Waals surface area contributed by atoms with Crippen molar-refractivity contribution in [2.45, 2.75) is 84.7 Å². The van der Waals surface area contributed by atoms with Crippen LogP contribution in [0.3, 0.4) is 0 Å². The molecule has 0 aromatic heterocycles. The lowest BCUT2D eigenvalue weighted by Gasteiger charge is -2.51. The van der Waals surface area contributed by atoms with Crippen LogP contribution in [-0.4, -0.2) is 22.9 Å². The van der Waals surface area contributed by atoms with Crippen molar-refractivity contribution in [2.75, 3.05) is 9.80 Å². The lowest BCUT2D eigenvalue weighted by molar-refractivity contribution is -0.119. The first-order chi connectivity index (χ1) is 15.3. The largest absolute Gasteiger partial charge is 0.307 e. The van der Waals surface area contributed by atoms with Crippen LogP contribution in [0.15, 0.2) is 48.5 Å². The summed E-state index contributed by atoms with van der Waals surface area (Å²) < 4.78 is 0. The molecular weight excluding hydrogens is 408 g/mol. The van der Waals surface area contributed by atoms with Gasteiger partial charge in [-0.05, 0) is 75.9 Å². The number of allylic oxidation sites excluding steroid dienone is 1. The average Bonchev–Trinajstić information content (AvgIpc) is 2.71. The van der Waals surface area contributed by atoms with Gasteiger partial charge in [0, 0.05) is 35.5 Å². The molecule has 2 aliphatic rings. The maximum Gasteiger partial charge on any atom is 0.227 e. The molecular formula is C29H36N2O2. The molecule has 4 heteroatoms. The van der Waals surface area contributed by atoms with Crippen molar-refractivity contribution in [2.24, 2.45) is 0 Å². The van der Waals surface area contributed by atoms with E-state index in [2.05, 4.69) is 84.0 Å². The Morgan fingerprint density at radius 3 is 2.24 bits per heavy atom. The molecule has 0 saturated carbocycles. The number of nitrogens with zero attached hydrogens (tertiary/aromatic N) is 2. The molecule has 0 bridgehead atoms. The predicted octanol–water partition coefficient (Wildman–Crippen LogP) is 6.47. The van der Waals surface area contributed by atoms with Gasteiger partial charge in [-0.15, -0.1) is 0 Å². The Hall–Kier alpha value is -2.88. The number of anilines is 2. The minimum atomic E-state index is -0.364. The quantitative estimate of drug-likeness (QED) is 0.533. The molecule has 2 heterocycles. The average molecular weight is 445 g/mol. The molecule has 33 heavy (non-hydrogen) atoms. The van der Waals surface area contributed by atoms with Crippen LogP contribution in [0.2, 0.25) is 0 Å². The van der Waals surface area contributed by atoms with Crippen LogP contribution in [-0.2, 0) is 15.0 Å². The molecule has 0 radical (unpaired) electrons. The zero-order valence-electron chi connectivity index (χ0n) is 21.2. The van der Waals surface area contributed by atoms with Gasteiger partial charge in [0.2, 0.25) is 11.8 Å². The topological polar surface area (TPSA) is 40.6 Å². The van der Waals surface area contributed by atoms with Gasteiger partial charge in [0.25, 0.3) is 0 Å². The minimum absolute atomic E-state index is 0.0645. The number of benzene rings is 2. The summed E-state index contributed by atoms with van der Waals surface area (Å²) in [4.78, 5) is 29.4. The second-order valence-corrected chi connectivity index (χ2v) is 11.0. The zero-order valence-corrected chi connectivity index (χ0v) is 21.2. The van der Waals surface area contributed by atoms with Gasteiger partial charge in [0.1, 0.15) is 0 Å². The number of rotatable bonds is 2. The maximum atomic E-state index is 12.9. The highest BCUT2D eigenvalue weighted by atomic mass is 16.2. The molecule has 4 nitrogen and oxygen atoms in total. The van der Waals surface area contributed by atoms with Crippen molar-refractivity contribution >= 4 is 28.8 Å². The van der Waals surface area contributed by atoms with Crippen LogP contribution in [0.4, 0.5) is 11.4 Å². The van der Waals surface area contributed by atoms with E-state index in [1.165, 1.54) is 16.7 Å². The molecule has 0 saturated heterocycles. The zero-order chi connectivity index (χ0) is 24.3. The van der Waals surface area contributed by atoms with Crippen LogP contribution < -0.4 is 9.80 Å².